The van der Waals surface area contributed by atoms with Crippen molar-refractivity contribution in [3.05, 3.63) is 71.4 Å². The standard InChI is InChI=1S/C22H22N2O2S2/c1-15(25)24-10-9-16-5-2-3-8-19(16)20(24)14-21(26)23-18-7-4-6-17(13-18)22-27-11-12-28-22/h2-10,13,20,22H,11-12,14H2,1H3,(H,23,26). The van der Waals surface area contributed by atoms with Crippen LogP contribution >= 0.6 is 23.5 Å². The molecule has 0 aromatic heterocycles. The van der Waals surface area contributed by atoms with Crippen LogP contribution in [0.4, 0.5) is 5.69 Å². The molecule has 1 atom stereocenters. The number of amides is 2. The molecule has 6 heteroatoms. The molecule has 1 unspecified atom stereocenters. The van der Waals surface area contributed by atoms with E-state index >= 15 is 0 Å². The van der Waals surface area contributed by atoms with Gasteiger partial charge in [0, 0.05) is 30.3 Å². The summed E-state index contributed by atoms with van der Waals surface area (Å²) < 4.78 is 0.445. The van der Waals surface area contributed by atoms with E-state index in [-0.39, 0.29) is 24.3 Å². The van der Waals surface area contributed by atoms with E-state index in [1.54, 1.807) is 11.1 Å². The second-order valence-corrected chi connectivity index (χ2v) is 9.56. The lowest BCUT2D eigenvalue weighted by Crippen LogP contribution is -2.33. The minimum Gasteiger partial charge on any atom is -0.326 e. The van der Waals surface area contributed by atoms with Crippen LogP contribution in [0.25, 0.3) is 6.08 Å². The highest BCUT2D eigenvalue weighted by Crippen LogP contribution is 2.45. The van der Waals surface area contributed by atoms with Gasteiger partial charge in [-0.1, -0.05) is 36.4 Å². The van der Waals surface area contributed by atoms with Gasteiger partial charge in [-0.3, -0.25) is 9.59 Å². The van der Waals surface area contributed by atoms with E-state index in [1.807, 2.05) is 66.0 Å². The van der Waals surface area contributed by atoms with Crippen LogP contribution in [0, 0.1) is 0 Å². The molecule has 0 aliphatic carbocycles. The van der Waals surface area contributed by atoms with Gasteiger partial charge in [0.2, 0.25) is 11.8 Å². The van der Waals surface area contributed by atoms with Gasteiger partial charge in [-0.25, -0.2) is 0 Å². The summed E-state index contributed by atoms with van der Waals surface area (Å²) in [6.45, 7) is 1.53. The molecule has 1 saturated heterocycles. The van der Waals surface area contributed by atoms with Gasteiger partial charge in [0.15, 0.2) is 0 Å². The first-order valence-corrected chi connectivity index (χ1v) is 11.4. The fourth-order valence-electron chi connectivity index (χ4n) is 3.61. The van der Waals surface area contributed by atoms with Crippen LogP contribution in [0.1, 0.15) is 40.7 Å². The Balaban J connectivity index is 1.50. The molecule has 4 nitrogen and oxygen atoms in total. The van der Waals surface area contributed by atoms with Gasteiger partial charge in [-0.2, -0.15) is 0 Å². The Morgan fingerprint density at radius 2 is 1.89 bits per heavy atom. The Labute approximate surface area is 173 Å². The first-order chi connectivity index (χ1) is 13.6. The van der Waals surface area contributed by atoms with E-state index < -0.39 is 0 Å². The van der Waals surface area contributed by atoms with Crippen molar-refractivity contribution in [1.29, 1.82) is 0 Å². The van der Waals surface area contributed by atoms with Crippen LogP contribution < -0.4 is 5.32 Å². The van der Waals surface area contributed by atoms with Crippen molar-refractivity contribution in [3.8, 4) is 0 Å². The van der Waals surface area contributed by atoms with Gasteiger partial charge in [0.25, 0.3) is 0 Å². The summed E-state index contributed by atoms with van der Waals surface area (Å²) >= 11 is 3.89. The molecular weight excluding hydrogens is 388 g/mol. The Morgan fingerprint density at radius 3 is 2.68 bits per heavy atom. The van der Waals surface area contributed by atoms with Crippen LogP contribution in [-0.2, 0) is 9.59 Å². The number of benzene rings is 2. The number of thioether (sulfide) groups is 2. The van der Waals surface area contributed by atoms with Gasteiger partial charge in [-0.15, -0.1) is 23.5 Å². The van der Waals surface area contributed by atoms with Gasteiger partial charge in [0.05, 0.1) is 17.0 Å². The Kier molecular flexibility index (Phi) is 5.78. The fourth-order valence-corrected chi connectivity index (χ4v) is 6.45. The first kappa shape index (κ1) is 19.2. The molecule has 2 amide bonds. The van der Waals surface area contributed by atoms with Crippen LogP contribution in [0.15, 0.2) is 54.7 Å². The minimum atomic E-state index is -0.289. The average Bonchev–Trinajstić information content (AvgIpc) is 3.23. The third-order valence-electron chi connectivity index (χ3n) is 4.91. The molecule has 2 aliphatic heterocycles. The maximum atomic E-state index is 12.8. The molecule has 0 saturated carbocycles. The zero-order valence-corrected chi connectivity index (χ0v) is 17.3. The van der Waals surface area contributed by atoms with E-state index in [0.717, 1.165) is 16.8 Å². The lowest BCUT2D eigenvalue weighted by Gasteiger charge is -2.32. The molecule has 0 radical (unpaired) electrons. The number of hydrogen-bond donors (Lipinski definition) is 1. The second kappa shape index (κ2) is 8.45. The number of hydrogen-bond acceptors (Lipinski definition) is 4. The number of carbonyl (C=O) groups is 2. The van der Waals surface area contributed by atoms with E-state index in [9.17, 15) is 9.59 Å². The van der Waals surface area contributed by atoms with Gasteiger partial charge in [-0.05, 0) is 34.9 Å². The zero-order chi connectivity index (χ0) is 19.5. The van der Waals surface area contributed by atoms with E-state index in [4.69, 9.17) is 0 Å². The lowest BCUT2D eigenvalue weighted by atomic mass is 9.93. The molecule has 0 spiro atoms. The monoisotopic (exact) mass is 410 g/mol. The fraction of sp³-hybridized carbons (Fsp3) is 0.273. The number of nitrogens with zero attached hydrogens (tertiary/aromatic N) is 1. The summed E-state index contributed by atoms with van der Waals surface area (Å²) in [6.07, 6.45) is 3.92. The van der Waals surface area contributed by atoms with Gasteiger partial charge < -0.3 is 10.2 Å². The van der Waals surface area contributed by atoms with Crippen LogP contribution in [-0.4, -0.2) is 28.2 Å². The van der Waals surface area contributed by atoms with Crippen molar-refractivity contribution in [2.24, 2.45) is 0 Å². The molecule has 2 aromatic rings. The summed E-state index contributed by atoms with van der Waals surface area (Å²) in [5.41, 5.74) is 4.10. The molecule has 2 aromatic carbocycles. The molecule has 0 bridgehead atoms. The summed E-state index contributed by atoms with van der Waals surface area (Å²) in [7, 11) is 0. The molecule has 28 heavy (non-hydrogen) atoms. The first-order valence-electron chi connectivity index (χ1n) is 9.31. The van der Waals surface area contributed by atoms with Crippen molar-refractivity contribution < 1.29 is 9.59 Å². The van der Waals surface area contributed by atoms with E-state index in [0.29, 0.717) is 4.58 Å². The highest BCUT2D eigenvalue weighted by Gasteiger charge is 2.28. The van der Waals surface area contributed by atoms with Crippen LogP contribution in [0.3, 0.4) is 0 Å². The van der Waals surface area contributed by atoms with Crippen molar-refractivity contribution in [3.63, 3.8) is 0 Å². The smallest absolute Gasteiger partial charge is 0.226 e. The Bertz CT molecular complexity index is 922. The van der Waals surface area contributed by atoms with Crippen molar-refractivity contribution in [1.82, 2.24) is 4.90 Å². The molecule has 1 N–H and O–H groups in total. The van der Waals surface area contributed by atoms with Gasteiger partial charge in [0.1, 0.15) is 0 Å². The number of rotatable bonds is 4. The van der Waals surface area contributed by atoms with Gasteiger partial charge >= 0.3 is 0 Å². The highest BCUT2D eigenvalue weighted by atomic mass is 32.2. The zero-order valence-electron chi connectivity index (χ0n) is 15.6. The topological polar surface area (TPSA) is 49.4 Å². The molecule has 2 aliphatic rings. The normalized spacial score (nSPS) is 18.8. The number of anilines is 1. The number of fused-ring (bicyclic) bond motifs is 1. The quantitative estimate of drug-likeness (QED) is 0.765. The second-order valence-electron chi connectivity index (χ2n) is 6.84. The lowest BCUT2D eigenvalue weighted by molar-refractivity contribution is -0.129. The van der Waals surface area contributed by atoms with Crippen LogP contribution in [0.2, 0.25) is 0 Å². The summed E-state index contributed by atoms with van der Waals surface area (Å²) in [5, 5.41) is 3.02. The average molecular weight is 411 g/mol. The highest BCUT2D eigenvalue weighted by molar-refractivity contribution is 8.19. The number of carbonyl (C=O) groups excluding carboxylic acids is 2. The Morgan fingerprint density at radius 1 is 1.11 bits per heavy atom. The molecule has 144 valence electrons. The minimum absolute atomic E-state index is 0.0687. The predicted octanol–water partition coefficient (Wildman–Crippen LogP) is 5.07. The number of nitrogens with one attached hydrogen (secondary N) is 1. The predicted molar refractivity (Wildman–Crippen MR) is 118 cm³/mol. The summed E-state index contributed by atoms with van der Waals surface area (Å²) in [6, 6.07) is 15.7. The molecule has 1 fully saturated rings. The largest absolute Gasteiger partial charge is 0.326 e. The van der Waals surface area contributed by atoms with Crippen LogP contribution in [0.5, 0.6) is 0 Å². The van der Waals surface area contributed by atoms with Crippen molar-refractivity contribution in [2.45, 2.75) is 24.0 Å². The van der Waals surface area contributed by atoms with Crippen molar-refractivity contribution in [2.75, 3.05) is 16.8 Å². The summed E-state index contributed by atoms with van der Waals surface area (Å²) in [5.74, 6) is 2.18. The molecule has 2 heterocycles. The maximum Gasteiger partial charge on any atom is 0.226 e. The molecule has 4 rings (SSSR count). The summed E-state index contributed by atoms with van der Waals surface area (Å²) in [4.78, 5) is 26.5. The molecular formula is C22H22N2O2S2. The third-order valence-corrected chi connectivity index (χ3v) is 8.02. The van der Waals surface area contributed by atoms with E-state index in [2.05, 4.69) is 17.4 Å². The Hall–Kier alpha value is -2.18. The third kappa shape index (κ3) is 4.13. The SMILES string of the molecule is CC(=O)N1C=Cc2ccccc2C1CC(=O)Nc1cccc(C2SCCS2)c1. The maximum absolute atomic E-state index is 12.8. The van der Waals surface area contributed by atoms with Crippen molar-refractivity contribution >= 4 is 47.1 Å². The van der Waals surface area contributed by atoms with E-state index in [1.165, 1.54) is 24.0 Å².